The summed E-state index contributed by atoms with van der Waals surface area (Å²) in [5.41, 5.74) is 1.58. The van der Waals surface area contributed by atoms with E-state index in [1.54, 1.807) is 36.1 Å². The summed E-state index contributed by atoms with van der Waals surface area (Å²) in [5.74, 6) is -0.287. The van der Waals surface area contributed by atoms with E-state index in [-0.39, 0.29) is 53.4 Å². The van der Waals surface area contributed by atoms with Crippen LogP contribution in [0.2, 0.25) is 5.02 Å². The predicted octanol–water partition coefficient (Wildman–Crippen LogP) is 3.92. The average Bonchev–Trinajstić information content (AvgIpc) is 3.00. The van der Waals surface area contributed by atoms with Crippen molar-refractivity contribution in [1.82, 2.24) is 9.21 Å². The van der Waals surface area contributed by atoms with Gasteiger partial charge in [0.05, 0.1) is 35.4 Å². The largest absolute Gasteiger partial charge is 0.488 e. The molecule has 3 aromatic rings. The van der Waals surface area contributed by atoms with Crippen molar-refractivity contribution < 1.29 is 31.5 Å². The third kappa shape index (κ3) is 7.68. The van der Waals surface area contributed by atoms with E-state index in [0.717, 1.165) is 5.56 Å². The maximum atomic E-state index is 13.5. The van der Waals surface area contributed by atoms with Gasteiger partial charge >= 0.3 is 0 Å². The van der Waals surface area contributed by atoms with Crippen LogP contribution in [0, 0.1) is 12.8 Å². The molecule has 2 N–H and O–H groups in total. The van der Waals surface area contributed by atoms with Crippen molar-refractivity contribution in [2.24, 2.45) is 5.92 Å². The second-order valence-corrected chi connectivity index (χ2v) is 15.0. The molecule has 0 spiro atoms. The van der Waals surface area contributed by atoms with Crippen LogP contribution >= 0.6 is 11.6 Å². The smallest absolute Gasteiger partial charge is 0.261 e. The summed E-state index contributed by atoms with van der Waals surface area (Å²) in [5, 5.41) is 10.3. The average molecular weight is 650 g/mol. The molecule has 13 heteroatoms. The van der Waals surface area contributed by atoms with Crippen molar-refractivity contribution in [2.45, 2.75) is 49.1 Å². The quantitative estimate of drug-likeness (QED) is 0.359. The van der Waals surface area contributed by atoms with Gasteiger partial charge in [0, 0.05) is 35.8 Å². The third-order valence-electron chi connectivity index (χ3n) is 7.46. The molecule has 0 aromatic heterocycles. The molecule has 3 atom stereocenters. The van der Waals surface area contributed by atoms with Gasteiger partial charge in [0.1, 0.15) is 11.9 Å². The van der Waals surface area contributed by atoms with Crippen LogP contribution in [-0.4, -0.2) is 75.9 Å². The number of rotatable bonds is 9. The topological polar surface area (TPSA) is 133 Å². The van der Waals surface area contributed by atoms with E-state index in [4.69, 9.17) is 16.3 Å². The van der Waals surface area contributed by atoms with Crippen LogP contribution in [0.4, 0.5) is 5.69 Å². The molecule has 0 radical (unpaired) electrons. The summed E-state index contributed by atoms with van der Waals surface area (Å²) >= 11 is 5.94. The van der Waals surface area contributed by atoms with Gasteiger partial charge in [-0.2, -0.15) is 4.31 Å². The second-order valence-electron chi connectivity index (χ2n) is 10.9. The van der Waals surface area contributed by atoms with E-state index in [0.29, 0.717) is 16.3 Å². The Balaban J connectivity index is 1.68. The molecule has 0 saturated carbocycles. The number of nitrogens with zero attached hydrogens (tertiary/aromatic N) is 2. The number of hydrogen-bond donors (Lipinski definition) is 2. The Morgan fingerprint density at radius 3 is 2.30 bits per heavy atom. The number of sulfonamides is 2. The first kappa shape index (κ1) is 32.7. The highest BCUT2D eigenvalue weighted by atomic mass is 35.5. The number of likely N-dealkylation sites (N-methyl/N-ethyl adjacent to an activating group) is 1. The minimum atomic E-state index is -3.90. The number of halogens is 1. The minimum absolute atomic E-state index is 0.0388. The lowest BCUT2D eigenvalue weighted by Crippen LogP contribution is -2.48. The van der Waals surface area contributed by atoms with Crippen LogP contribution in [-0.2, 0) is 31.3 Å². The van der Waals surface area contributed by atoms with Gasteiger partial charge in [-0.15, -0.1) is 0 Å². The number of fused-ring (bicyclic) bond motifs is 1. The Hall–Kier alpha value is -3.16. The Bertz CT molecular complexity index is 1660. The Morgan fingerprint density at radius 2 is 1.67 bits per heavy atom. The Labute approximate surface area is 258 Å². The zero-order chi connectivity index (χ0) is 31.5. The lowest BCUT2D eigenvalue weighted by Gasteiger charge is -2.33. The fourth-order valence-electron chi connectivity index (χ4n) is 4.78. The normalized spacial score (nSPS) is 18.7. The fourth-order valence-corrected chi connectivity index (χ4v) is 7.14. The maximum Gasteiger partial charge on any atom is 0.261 e. The van der Waals surface area contributed by atoms with Crippen LogP contribution in [0.25, 0.3) is 0 Å². The zero-order valence-corrected chi connectivity index (χ0v) is 26.8. The second kappa shape index (κ2) is 13.2. The Morgan fingerprint density at radius 1 is 1.05 bits per heavy atom. The molecule has 43 heavy (non-hydrogen) atoms. The van der Waals surface area contributed by atoms with Crippen LogP contribution in [0.3, 0.4) is 0 Å². The number of aryl methyl sites for hydroxylation is 1. The van der Waals surface area contributed by atoms with Gasteiger partial charge in [-0.3, -0.25) is 9.52 Å². The molecule has 1 heterocycles. The minimum Gasteiger partial charge on any atom is -0.488 e. The van der Waals surface area contributed by atoms with E-state index >= 15 is 0 Å². The standard InChI is InChI=1S/C30H36ClN3O7S2/c1-20-5-10-26(11-6-20)42(37,38)32-25-9-14-28-23(15-25)16-30(36)34(22(3)19-35)17-21(2)29(41-28)18-33(4)43(39,40)27-12-7-24(31)8-13-27/h5-15,21-22,29,32,35H,16-19H2,1-4H3/t21-,22-,29+/m0/s1. The summed E-state index contributed by atoms with van der Waals surface area (Å²) in [6, 6.07) is 16.4. The molecule has 0 unspecified atom stereocenters. The molecule has 4 rings (SSSR count). The van der Waals surface area contributed by atoms with Crippen LogP contribution in [0.15, 0.2) is 76.5 Å². The number of aliphatic hydroxyl groups excluding tert-OH is 1. The number of carbonyl (C=O) groups is 1. The summed E-state index contributed by atoms with van der Waals surface area (Å²) in [7, 11) is -6.34. The molecular formula is C30H36ClN3O7S2. The lowest BCUT2D eigenvalue weighted by atomic mass is 10.0. The van der Waals surface area contributed by atoms with Gasteiger partial charge in [0.25, 0.3) is 10.0 Å². The SMILES string of the molecule is Cc1ccc(S(=O)(=O)Nc2ccc3c(c2)CC(=O)N([C@@H](C)CO)C[C@H](C)[C@@H](CN(C)S(=O)(=O)c2ccc(Cl)cc2)O3)cc1. The van der Waals surface area contributed by atoms with Crippen LogP contribution < -0.4 is 9.46 Å². The van der Waals surface area contributed by atoms with Crippen molar-refractivity contribution >= 4 is 43.2 Å². The molecule has 0 aliphatic carbocycles. The molecule has 10 nitrogen and oxygen atoms in total. The first-order chi connectivity index (χ1) is 20.2. The number of benzene rings is 3. The number of carbonyl (C=O) groups excluding carboxylic acids is 1. The zero-order valence-electron chi connectivity index (χ0n) is 24.4. The van der Waals surface area contributed by atoms with Gasteiger partial charge < -0.3 is 14.7 Å². The highest BCUT2D eigenvalue weighted by Crippen LogP contribution is 2.31. The predicted molar refractivity (Wildman–Crippen MR) is 165 cm³/mol. The summed E-state index contributed by atoms with van der Waals surface area (Å²) < 4.78 is 62.9. The van der Waals surface area contributed by atoms with E-state index < -0.39 is 32.2 Å². The lowest BCUT2D eigenvalue weighted by molar-refractivity contribution is -0.134. The van der Waals surface area contributed by atoms with Gasteiger partial charge in [-0.1, -0.05) is 36.2 Å². The Kier molecular flexibility index (Phi) is 10.1. The number of anilines is 1. The molecule has 1 amide bonds. The number of amides is 1. The highest BCUT2D eigenvalue weighted by molar-refractivity contribution is 7.92. The van der Waals surface area contributed by atoms with Crippen LogP contribution in [0.5, 0.6) is 5.75 Å². The monoisotopic (exact) mass is 649 g/mol. The molecule has 0 bridgehead atoms. The number of hydrogen-bond acceptors (Lipinski definition) is 7. The van der Waals surface area contributed by atoms with Crippen molar-refractivity contribution in [3.05, 3.63) is 82.9 Å². The van der Waals surface area contributed by atoms with Crippen molar-refractivity contribution in [1.29, 1.82) is 0 Å². The van der Waals surface area contributed by atoms with Crippen molar-refractivity contribution in [3.63, 3.8) is 0 Å². The molecule has 0 fully saturated rings. The van der Waals surface area contributed by atoms with E-state index in [1.165, 1.54) is 53.8 Å². The molecule has 1 aliphatic heterocycles. The maximum absolute atomic E-state index is 13.5. The van der Waals surface area contributed by atoms with Gasteiger partial charge in [-0.25, -0.2) is 16.8 Å². The first-order valence-corrected chi connectivity index (χ1v) is 17.0. The van der Waals surface area contributed by atoms with Gasteiger partial charge in [0.15, 0.2) is 0 Å². The summed E-state index contributed by atoms with van der Waals surface area (Å²) in [6.07, 6.45) is -0.807. The number of aliphatic hydroxyl groups is 1. The summed E-state index contributed by atoms with van der Waals surface area (Å²) in [6.45, 7) is 5.34. The summed E-state index contributed by atoms with van der Waals surface area (Å²) in [4.78, 5) is 15.2. The van der Waals surface area contributed by atoms with Crippen molar-refractivity contribution in [3.8, 4) is 5.75 Å². The molecule has 3 aromatic carbocycles. The number of nitrogens with one attached hydrogen (secondary N) is 1. The van der Waals surface area contributed by atoms with E-state index in [9.17, 15) is 26.7 Å². The first-order valence-electron chi connectivity index (χ1n) is 13.7. The van der Waals surface area contributed by atoms with E-state index in [2.05, 4.69) is 4.72 Å². The molecule has 232 valence electrons. The molecular weight excluding hydrogens is 614 g/mol. The third-order valence-corrected chi connectivity index (χ3v) is 10.9. The van der Waals surface area contributed by atoms with E-state index in [1.807, 2.05) is 13.8 Å². The van der Waals surface area contributed by atoms with Crippen molar-refractivity contribution in [2.75, 3.05) is 31.5 Å². The number of ether oxygens (including phenoxy) is 1. The highest BCUT2D eigenvalue weighted by Gasteiger charge is 2.33. The van der Waals surface area contributed by atoms with Gasteiger partial charge in [-0.05, 0) is 68.4 Å². The molecule has 0 saturated heterocycles. The fraction of sp³-hybridized carbons (Fsp3) is 0.367. The molecule has 1 aliphatic rings. The van der Waals surface area contributed by atoms with Crippen LogP contribution in [0.1, 0.15) is 25.0 Å². The van der Waals surface area contributed by atoms with Gasteiger partial charge in [0.2, 0.25) is 15.9 Å².